The van der Waals surface area contributed by atoms with Gasteiger partial charge < -0.3 is 16.0 Å². The van der Waals surface area contributed by atoms with E-state index in [4.69, 9.17) is 5.73 Å². The van der Waals surface area contributed by atoms with Crippen molar-refractivity contribution < 1.29 is 4.79 Å². The average Bonchev–Trinajstić information content (AvgIpc) is 2.93. The Kier molecular flexibility index (Phi) is 5.56. The molecule has 1 atom stereocenters. The van der Waals surface area contributed by atoms with E-state index >= 15 is 0 Å². The van der Waals surface area contributed by atoms with Crippen LogP contribution in [0.5, 0.6) is 0 Å². The van der Waals surface area contributed by atoms with Crippen molar-refractivity contribution in [2.75, 3.05) is 32.7 Å². The first-order valence-corrected chi connectivity index (χ1v) is 7.52. The molecule has 1 amide bonds. The zero-order chi connectivity index (χ0) is 14.4. The number of hydrogen-bond acceptors (Lipinski definition) is 3. The SMILES string of the molecule is CCN1CCC(CNC(=O)c2cccc(CCN)c2)C1. The Morgan fingerprint density at radius 1 is 1.50 bits per heavy atom. The fourth-order valence-corrected chi connectivity index (χ4v) is 2.74. The van der Waals surface area contributed by atoms with Gasteiger partial charge in [0.1, 0.15) is 0 Å². The van der Waals surface area contributed by atoms with Crippen molar-refractivity contribution >= 4 is 5.91 Å². The molecule has 0 aromatic heterocycles. The highest BCUT2D eigenvalue weighted by Crippen LogP contribution is 2.15. The van der Waals surface area contributed by atoms with Crippen LogP contribution in [0, 0.1) is 5.92 Å². The van der Waals surface area contributed by atoms with Crippen LogP contribution < -0.4 is 11.1 Å². The van der Waals surface area contributed by atoms with Crippen LogP contribution in [0.15, 0.2) is 24.3 Å². The number of rotatable bonds is 6. The predicted octanol–water partition coefficient (Wildman–Crippen LogP) is 1.26. The van der Waals surface area contributed by atoms with Crippen LogP contribution in [0.4, 0.5) is 0 Å². The number of nitrogens with one attached hydrogen (secondary N) is 1. The topological polar surface area (TPSA) is 58.4 Å². The maximum absolute atomic E-state index is 12.2. The van der Waals surface area contributed by atoms with Crippen molar-refractivity contribution in [3.8, 4) is 0 Å². The van der Waals surface area contributed by atoms with Gasteiger partial charge in [-0.25, -0.2) is 0 Å². The molecule has 1 aliphatic rings. The van der Waals surface area contributed by atoms with Crippen LogP contribution in [0.2, 0.25) is 0 Å². The molecule has 4 heteroatoms. The lowest BCUT2D eigenvalue weighted by Crippen LogP contribution is -2.31. The maximum Gasteiger partial charge on any atom is 0.251 e. The third kappa shape index (κ3) is 4.05. The van der Waals surface area contributed by atoms with E-state index in [0.29, 0.717) is 12.5 Å². The van der Waals surface area contributed by atoms with Crippen molar-refractivity contribution in [2.45, 2.75) is 19.8 Å². The summed E-state index contributed by atoms with van der Waals surface area (Å²) < 4.78 is 0. The van der Waals surface area contributed by atoms with Gasteiger partial charge in [-0.1, -0.05) is 19.1 Å². The normalized spacial score (nSPS) is 19.2. The zero-order valence-electron chi connectivity index (χ0n) is 12.3. The molecule has 0 radical (unpaired) electrons. The van der Waals surface area contributed by atoms with Gasteiger partial charge in [0.2, 0.25) is 0 Å². The van der Waals surface area contributed by atoms with Crippen LogP contribution in [0.1, 0.15) is 29.3 Å². The van der Waals surface area contributed by atoms with E-state index in [2.05, 4.69) is 17.1 Å². The Morgan fingerprint density at radius 3 is 3.05 bits per heavy atom. The van der Waals surface area contributed by atoms with Crippen molar-refractivity contribution in [1.82, 2.24) is 10.2 Å². The Bertz CT molecular complexity index is 447. The molecule has 1 fully saturated rings. The summed E-state index contributed by atoms with van der Waals surface area (Å²) in [6.07, 6.45) is 2.00. The van der Waals surface area contributed by atoms with Crippen molar-refractivity contribution in [3.05, 3.63) is 35.4 Å². The third-order valence-corrected chi connectivity index (χ3v) is 3.99. The van der Waals surface area contributed by atoms with E-state index in [0.717, 1.165) is 43.7 Å². The Morgan fingerprint density at radius 2 is 2.35 bits per heavy atom. The molecule has 20 heavy (non-hydrogen) atoms. The summed E-state index contributed by atoms with van der Waals surface area (Å²) in [5.74, 6) is 0.616. The van der Waals surface area contributed by atoms with Crippen molar-refractivity contribution in [3.63, 3.8) is 0 Å². The first-order valence-electron chi connectivity index (χ1n) is 7.52. The smallest absolute Gasteiger partial charge is 0.251 e. The van der Waals surface area contributed by atoms with E-state index in [9.17, 15) is 4.79 Å². The van der Waals surface area contributed by atoms with E-state index in [1.54, 1.807) is 0 Å². The summed E-state index contributed by atoms with van der Waals surface area (Å²) in [5.41, 5.74) is 7.41. The number of likely N-dealkylation sites (tertiary alicyclic amines) is 1. The average molecular weight is 275 g/mol. The molecule has 1 aromatic rings. The first kappa shape index (κ1) is 15.0. The van der Waals surface area contributed by atoms with Gasteiger partial charge in [0.25, 0.3) is 5.91 Å². The molecule has 0 saturated carbocycles. The van der Waals surface area contributed by atoms with E-state index in [-0.39, 0.29) is 5.91 Å². The standard InChI is InChI=1S/C16H25N3O/c1-2-19-9-7-14(12-19)11-18-16(20)15-5-3-4-13(10-15)6-8-17/h3-5,10,14H,2,6-9,11-12,17H2,1H3,(H,18,20). The number of hydrogen-bond donors (Lipinski definition) is 2. The summed E-state index contributed by atoms with van der Waals surface area (Å²) in [7, 11) is 0. The second-order valence-electron chi connectivity index (χ2n) is 5.50. The Hall–Kier alpha value is -1.39. The number of amides is 1. The van der Waals surface area contributed by atoms with E-state index < -0.39 is 0 Å². The van der Waals surface area contributed by atoms with Gasteiger partial charge in [0.05, 0.1) is 0 Å². The molecule has 1 aliphatic heterocycles. The lowest BCUT2D eigenvalue weighted by Gasteiger charge is -2.14. The Labute approximate surface area is 121 Å². The monoisotopic (exact) mass is 275 g/mol. The molecule has 0 bridgehead atoms. The van der Waals surface area contributed by atoms with Gasteiger partial charge in [0.15, 0.2) is 0 Å². The molecule has 1 heterocycles. The van der Waals surface area contributed by atoms with E-state index in [1.165, 1.54) is 6.42 Å². The largest absolute Gasteiger partial charge is 0.352 e. The van der Waals surface area contributed by atoms with Crippen LogP contribution in [0.25, 0.3) is 0 Å². The molecular formula is C16H25N3O. The molecule has 3 N–H and O–H groups in total. The molecule has 2 rings (SSSR count). The number of nitrogens with two attached hydrogens (primary N) is 1. The van der Waals surface area contributed by atoms with Crippen LogP contribution in [0.3, 0.4) is 0 Å². The second kappa shape index (κ2) is 7.41. The molecule has 1 unspecified atom stereocenters. The third-order valence-electron chi connectivity index (χ3n) is 3.99. The summed E-state index contributed by atoms with van der Waals surface area (Å²) in [5, 5.41) is 3.06. The highest BCUT2D eigenvalue weighted by Gasteiger charge is 2.21. The van der Waals surface area contributed by atoms with Crippen molar-refractivity contribution in [2.24, 2.45) is 11.7 Å². The number of nitrogens with zero attached hydrogens (tertiary/aromatic N) is 1. The number of carbonyl (C=O) groups excluding carboxylic acids is 1. The summed E-state index contributed by atoms with van der Waals surface area (Å²) in [6.45, 7) is 6.93. The fourth-order valence-electron chi connectivity index (χ4n) is 2.74. The van der Waals surface area contributed by atoms with Gasteiger partial charge in [-0.05, 0) is 56.1 Å². The summed E-state index contributed by atoms with van der Waals surface area (Å²) >= 11 is 0. The fraction of sp³-hybridized carbons (Fsp3) is 0.562. The quantitative estimate of drug-likeness (QED) is 0.822. The number of benzene rings is 1. The van der Waals surface area contributed by atoms with Gasteiger partial charge in [0, 0.05) is 18.7 Å². The van der Waals surface area contributed by atoms with Crippen LogP contribution in [-0.2, 0) is 6.42 Å². The summed E-state index contributed by atoms with van der Waals surface area (Å²) in [6, 6.07) is 7.74. The van der Waals surface area contributed by atoms with Crippen LogP contribution in [-0.4, -0.2) is 43.5 Å². The van der Waals surface area contributed by atoms with Gasteiger partial charge in [-0.15, -0.1) is 0 Å². The lowest BCUT2D eigenvalue weighted by molar-refractivity contribution is 0.0947. The predicted molar refractivity (Wildman–Crippen MR) is 81.8 cm³/mol. The van der Waals surface area contributed by atoms with Gasteiger partial charge >= 0.3 is 0 Å². The first-order chi connectivity index (χ1) is 9.72. The highest BCUT2D eigenvalue weighted by atomic mass is 16.1. The molecule has 110 valence electrons. The molecule has 1 saturated heterocycles. The minimum Gasteiger partial charge on any atom is -0.352 e. The molecule has 1 aromatic carbocycles. The molecule has 4 nitrogen and oxygen atoms in total. The Balaban J connectivity index is 1.84. The maximum atomic E-state index is 12.2. The van der Waals surface area contributed by atoms with Crippen LogP contribution >= 0.6 is 0 Å². The molecule has 0 aliphatic carbocycles. The minimum absolute atomic E-state index is 0.0267. The molecule has 0 spiro atoms. The number of carbonyl (C=O) groups is 1. The van der Waals surface area contributed by atoms with Gasteiger partial charge in [-0.3, -0.25) is 4.79 Å². The lowest BCUT2D eigenvalue weighted by atomic mass is 10.1. The second-order valence-corrected chi connectivity index (χ2v) is 5.50. The van der Waals surface area contributed by atoms with Gasteiger partial charge in [-0.2, -0.15) is 0 Å². The minimum atomic E-state index is 0.0267. The highest BCUT2D eigenvalue weighted by molar-refractivity contribution is 5.94. The van der Waals surface area contributed by atoms with Crippen molar-refractivity contribution in [1.29, 1.82) is 0 Å². The zero-order valence-corrected chi connectivity index (χ0v) is 12.3. The summed E-state index contributed by atoms with van der Waals surface area (Å²) in [4.78, 5) is 14.6. The molecular weight excluding hydrogens is 250 g/mol. The van der Waals surface area contributed by atoms with E-state index in [1.807, 2.05) is 24.3 Å².